The first kappa shape index (κ1) is 12.2. The van der Waals surface area contributed by atoms with Crippen molar-refractivity contribution in [1.29, 1.82) is 0 Å². The lowest BCUT2D eigenvalue weighted by Crippen LogP contribution is -1.80. The topological polar surface area (TPSA) is 0 Å². The average Bonchev–Trinajstić information content (AvgIpc) is 2.94. The van der Waals surface area contributed by atoms with Crippen LogP contribution in [0.5, 0.6) is 0 Å². The molecule has 0 spiro atoms. The van der Waals surface area contributed by atoms with Gasteiger partial charge in [-0.25, -0.2) is 0 Å². The molecule has 0 aliphatic heterocycles. The summed E-state index contributed by atoms with van der Waals surface area (Å²) in [5.74, 6) is 0. The molecule has 4 aromatic carbocycles. The second kappa shape index (κ2) is 4.31. The third-order valence-corrected chi connectivity index (χ3v) is 5.68. The first-order valence-electron chi connectivity index (χ1n) is 7.55. The van der Waals surface area contributed by atoms with E-state index in [1.165, 1.54) is 47.3 Å². The van der Waals surface area contributed by atoms with Crippen molar-refractivity contribution in [3.05, 3.63) is 72.3 Å². The molecule has 22 heavy (non-hydrogen) atoms. The summed E-state index contributed by atoms with van der Waals surface area (Å²) in [6.45, 7) is 2.21. The molecule has 0 amide bonds. The molecule has 0 aliphatic carbocycles. The third-order valence-electron chi connectivity index (χ3n) is 4.58. The van der Waals surface area contributed by atoms with Gasteiger partial charge < -0.3 is 0 Å². The molecule has 0 N–H and O–H groups in total. The van der Waals surface area contributed by atoms with Crippen molar-refractivity contribution in [2.45, 2.75) is 6.92 Å². The highest BCUT2D eigenvalue weighted by molar-refractivity contribution is 7.26. The van der Waals surface area contributed by atoms with Crippen LogP contribution in [0.4, 0.5) is 0 Å². The molecule has 0 fully saturated rings. The molecule has 0 unspecified atom stereocenters. The zero-order valence-electron chi connectivity index (χ0n) is 12.3. The SMILES string of the molecule is Cc1cc2sc3ccc4ccccc4c3c2c2ccccc12. The minimum absolute atomic E-state index is 1.32. The molecule has 104 valence electrons. The fourth-order valence-corrected chi connectivity index (χ4v) is 4.81. The van der Waals surface area contributed by atoms with Crippen molar-refractivity contribution in [3.63, 3.8) is 0 Å². The molecular formula is C21H14S. The molecule has 5 aromatic rings. The smallest absolute Gasteiger partial charge is 0.0364 e. The molecule has 1 heteroatoms. The summed E-state index contributed by atoms with van der Waals surface area (Å²) in [7, 11) is 0. The Morgan fingerprint density at radius 1 is 0.636 bits per heavy atom. The summed E-state index contributed by atoms with van der Waals surface area (Å²) in [5, 5.41) is 8.25. The average molecular weight is 298 g/mol. The van der Waals surface area contributed by atoms with Gasteiger partial charge in [0.05, 0.1) is 0 Å². The molecule has 0 saturated carbocycles. The fraction of sp³-hybridized carbons (Fsp3) is 0.0476. The summed E-state index contributed by atoms with van der Waals surface area (Å²) in [5.41, 5.74) is 1.36. The van der Waals surface area contributed by atoms with Crippen molar-refractivity contribution in [2.24, 2.45) is 0 Å². The first-order valence-corrected chi connectivity index (χ1v) is 8.37. The number of hydrogen-bond acceptors (Lipinski definition) is 1. The van der Waals surface area contributed by atoms with Crippen LogP contribution in [0.25, 0.3) is 41.7 Å². The highest BCUT2D eigenvalue weighted by atomic mass is 32.1. The molecular weight excluding hydrogens is 284 g/mol. The Labute approximate surface area is 132 Å². The van der Waals surface area contributed by atoms with Crippen LogP contribution in [0.1, 0.15) is 5.56 Å². The molecule has 5 rings (SSSR count). The predicted octanol–water partition coefficient (Wildman–Crippen LogP) is 6.67. The van der Waals surface area contributed by atoms with E-state index in [-0.39, 0.29) is 0 Å². The second-order valence-electron chi connectivity index (χ2n) is 5.87. The van der Waals surface area contributed by atoms with Crippen LogP contribution in [0.3, 0.4) is 0 Å². The van der Waals surface area contributed by atoms with E-state index in [0.29, 0.717) is 0 Å². The van der Waals surface area contributed by atoms with Gasteiger partial charge in [0, 0.05) is 20.2 Å². The van der Waals surface area contributed by atoms with E-state index in [2.05, 4.69) is 73.7 Å². The van der Waals surface area contributed by atoms with Crippen LogP contribution < -0.4 is 0 Å². The minimum atomic E-state index is 1.32. The van der Waals surface area contributed by atoms with Crippen LogP contribution >= 0.6 is 11.3 Å². The maximum Gasteiger partial charge on any atom is 0.0364 e. The van der Waals surface area contributed by atoms with Gasteiger partial charge in [-0.2, -0.15) is 0 Å². The molecule has 0 atom stereocenters. The Hall–Kier alpha value is -2.38. The Morgan fingerprint density at radius 3 is 2.18 bits per heavy atom. The van der Waals surface area contributed by atoms with E-state index in [1.54, 1.807) is 0 Å². The van der Waals surface area contributed by atoms with E-state index in [0.717, 1.165) is 0 Å². The first-order chi connectivity index (χ1) is 10.8. The van der Waals surface area contributed by atoms with Crippen molar-refractivity contribution in [3.8, 4) is 0 Å². The Morgan fingerprint density at radius 2 is 1.32 bits per heavy atom. The lowest BCUT2D eigenvalue weighted by molar-refractivity contribution is 1.57. The summed E-state index contributed by atoms with van der Waals surface area (Å²) in [6.07, 6.45) is 0. The highest BCUT2D eigenvalue weighted by Gasteiger charge is 2.12. The minimum Gasteiger partial charge on any atom is -0.135 e. The van der Waals surface area contributed by atoms with Crippen LogP contribution in [0, 0.1) is 6.92 Å². The zero-order valence-corrected chi connectivity index (χ0v) is 13.1. The van der Waals surface area contributed by atoms with Gasteiger partial charge in [-0.15, -0.1) is 11.3 Å². The van der Waals surface area contributed by atoms with Crippen molar-refractivity contribution in [1.82, 2.24) is 0 Å². The second-order valence-corrected chi connectivity index (χ2v) is 6.96. The molecule has 1 aromatic heterocycles. The predicted molar refractivity (Wildman–Crippen MR) is 99.1 cm³/mol. The van der Waals surface area contributed by atoms with E-state index in [4.69, 9.17) is 0 Å². The van der Waals surface area contributed by atoms with E-state index in [1.807, 2.05) is 11.3 Å². The maximum atomic E-state index is 2.34. The molecule has 0 nitrogen and oxygen atoms in total. The van der Waals surface area contributed by atoms with E-state index in [9.17, 15) is 0 Å². The monoisotopic (exact) mass is 298 g/mol. The third kappa shape index (κ3) is 1.52. The largest absolute Gasteiger partial charge is 0.135 e. The number of thiophene rings is 1. The summed E-state index contributed by atoms with van der Waals surface area (Å²) < 4.78 is 2.77. The lowest BCUT2D eigenvalue weighted by Gasteiger charge is -2.05. The standard InChI is InChI=1S/C21H14S/c1-13-12-19-21(17-9-5-4-7-15(13)17)20-16-8-3-2-6-14(16)10-11-18(20)22-19/h2-12H,1H3. The van der Waals surface area contributed by atoms with Crippen molar-refractivity contribution in [2.75, 3.05) is 0 Å². The fourth-order valence-electron chi connectivity index (χ4n) is 3.58. The summed E-state index contributed by atoms with van der Waals surface area (Å²) in [6, 6.07) is 24.3. The van der Waals surface area contributed by atoms with Gasteiger partial charge in [-0.3, -0.25) is 0 Å². The molecule has 0 saturated heterocycles. The number of benzene rings is 4. The highest BCUT2D eigenvalue weighted by Crippen LogP contribution is 2.42. The quantitative estimate of drug-likeness (QED) is 0.299. The zero-order chi connectivity index (χ0) is 14.7. The number of hydrogen-bond donors (Lipinski definition) is 0. The van der Waals surface area contributed by atoms with E-state index < -0.39 is 0 Å². The van der Waals surface area contributed by atoms with Crippen molar-refractivity contribution >= 4 is 53.1 Å². The van der Waals surface area contributed by atoms with Gasteiger partial charge in [0.2, 0.25) is 0 Å². The van der Waals surface area contributed by atoms with Crippen LogP contribution in [-0.2, 0) is 0 Å². The molecule has 0 bridgehead atoms. The Bertz CT molecular complexity index is 1180. The van der Waals surface area contributed by atoms with Gasteiger partial charge >= 0.3 is 0 Å². The Balaban J connectivity index is 2.18. The maximum absolute atomic E-state index is 2.34. The van der Waals surface area contributed by atoms with Gasteiger partial charge in [0.15, 0.2) is 0 Å². The van der Waals surface area contributed by atoms with Gasteiger partial charge in [-0.1, -0.05) is 54.6 Å². The van der Waals surface area contributed by atoms with E-state index >= 15 is 0 Å². The van der Waals surface area contributed by atoms with Crippen LogP contribution in [0.2, 0.25) is 0 Å². The summed E-state index contributed by atoms with van der Waals surface area (Å²) >= 11 is 1.91. The van der Waals surface area contributed by atoms with Gasteiger partial charge in [0.1, 0.15) is 0 Å². The van der Waals surface area contributed by atoms with Crippen LogP contribution in [0.15, 0.2) is 66.7 Å². The molecule has 0 aliphatic rings. The Kier molecular flexibility index (Phi) is 2.39. The van der Waals surface area contributed by atoms with Gasteiger partial charge in [0.25, 0.3) is 0 Å². The number of rotatable bonds is 0. The van der Waals surface area contributed by atoms with Crippen LogP contribution in [-0.4, -0.2) is 0 Å². The molecule has 0 radical (unpaired) electrons. The number of fused-ring (bicyclic) bond motifs is 7. The normalized spacial score (nSPS) is 11.9. The lowest BCUT2D eigenvalue weighted by atomic mass is 9.97. The van der Waals surface area contributed by atoms with Crippen molar-refractivity contribution < 1.29 is 0 Å². The number of aryl methyl sites for hydroxylation is 1. The van der Waals surface area contributed by atoms with Gasteiger partial charge in [-0.05, 0) is 46.2 Å². The summed E-state index contributed by atoms with van der Waals surface area (Å²) in [4.78, 5) is 0. The molecule has 1 heterocycles.